The van der Waals surface area contributed by atoms with Crippen LogP contribution < -0.4 is 0 Å². The van der Waals surface area contributed by atoms with Crippen LogP contribution in [0.25, 0.3) is 0 Å². The highest BCUT2D eigenvalue weighted by Gasteiger charge is 2.19. The molecule has 0 rings (SSSR count). The lowest BCUT2D eigenvalue weighted by molar-refractivity contribution is -0.167. The zero-order chi connectivity index (χ0) is 35.9. The van der Waals surface area contributed by atoms with Gasteiger partial charge in [0.25, 0.3) is 0 Å². The van der Waals surface area contributed by atoms with Gasteiger partial charge in [-0.1, -0.05) is 201 Å². The first-order valence-electron chi connectivity index (χ1n) is 21.5. The Hall–Kier alpha value is -1.59. The Labute approximate surface area is 304 Å². The van der Waals surface area contributed by atoms with Crippen LogP contribution in [-0.2, 0) is 28.6 Å². The second kappa shape index (κ2) is 39.2. The quantitative estimate of drug-likeness (QED) is 0.0362. The Kier molecular flexibility index (Phi) is 37.9. The van der Waals surface area contributed by atoms with Gasteiger partial charge in [0.2, 0.25) is 0 Å². The van der Waals surface area contributed by atoms with Gasteiger partial charge in [0, 0.05) is 19.3 Å². The van der Waals surface area contributed by atoms with Crippen LogP contribution in [0.5, 0.6) is 0 Å². The molecule has 0 aromatic carbocycles. The van der Waals surface area contributed by atoms with Crippen molar-refractivity contribution < 1.29 is 28.6 Å². The molecule has 0 aliphatic rings. The Morgan fingerprint density at radius 1 is 0.327 bits per heavy atom. The fraction of sp³-hybridized carbons (Fsp3) is 0.930. The number of esters is 3. The minimum Gasteiger partial charge on any atom is -0.462 e. The van der Waals surface area contributed by atoms with E-state index in [9.17, 15) is 14.4 Å². The van der Waals surface area contributed by atoms with Crippen LogP contribution in [-0.4, -0.2) is 37.2 Å². The predicted molar refractivity (Wildman–Crippen MR) is 206 cm³/mol. The van der Waals surface area contributed by atoms with Crippen LogP contribution in [0.2, 0.25) is 0 Å². The summed E-state index contributed by atoms with van der Waals surface area (Å²) in [7, 11) is 0. The summed E-state index contributed by atoms with van der Waals surface area (Å²) in [6, 6.07) is 0. The molecule has 0 aliphatic carbocycles. The fourth-order valence-corrected chi connectivity index (χ4v) is 6.32. The number of hydrogen-bond acceptors (Lipinski definition) is 6. The molecule has 0 fully saturated rings. The maximum absolute atomic E-state index is 12.5. The molecule has 0 heterocycles. The molecule has 0 N–H and O–H groups in total. The summed E-state index contributed by atoms with van der Waals surface area (Å²) < 4.78 is 16.5. The standard InChI is InChI=1S/C43H82O6/c1-4-7-10-13-15-17-18-19-20-21-22-23-24-26-28-31-33-36-42(45)48-39-40(49-43(46)37-34-29-12-9-6-3)38-47-41(44)35-32-30-27-25-16-14-11-8-5-2/h40H,4-39H2,1-3H3/t40-/m1/s1. The zero-order valence-electron chi connectivity index (χ0n) is 33.0. The molecule has 0 aromatic heterocycles. The Morgan fingerprint density at radius 3 is 0.816 bits per heavy atom. The minimum absolute atomic E-state index is 0.0648. The van der Waals surface area contributed by atoms with E-state index in [2.05, 4.69) is 20.8 Å². The van der Waals surface area contributed by atoms with Gasteiger partial charge in [0.15, 0.2) is 6.10 Å². The lowest BCUT2D eigenvalue weighted by Gasteiger charge is -2.18. The van der Waals surface area contributed by atoms with Crippen molar-refractivity contribution in [2.45, 2.75) is 245 Å². The molecule has 0 saturated carbocycles. The summed E-state index contributed by atoms with van der Waals surface area (Å²) in [4.78, 5) is 37.3. The van der Waals surface area contributed by atoms with E-state index in [1.54, 1.807) is 0 Å². The molecule has 0 spiro atoms. The third-order valence-corrected chi connectivity index (χ3v) is 9.61. The Morgan fingerprint density at radius 2 is 0.551 bits per heavy atom. The van der Waals surface area contributed by atoms with Crippen molar-refractivity contribution >= 4 is 17.9 Å². The van der Waals surface area contributed by atoms with E-state index in [1.165, 1.54) is 135 Å². The van der Waals surface area contributed by atoms with E-state index in [4.69, 9.17) is 14.2 Å². The van der Waals surface area contributed by atoms with E-state index in [0.717, 1.165) is 64.2 Å². The highest BCUT2D eigenvalue weighted by molar-refractivity contribution is 5.71. The summed E-state index contributed by atoms with van der Waals surface area (Å²) in [6.07, 6.45) is 38.4. The highest BCUT2D eigenvalue weighted by atomic mass is 16.6. The van der Waals surface area contributed by atoms with Crippen LogP contribution in [0.1, 0.15) is 239 Å². The zero-order valence-corrected chi connectivity index (χ0v) is 33.0. The second-order valence-electron chi connectivity index (χ2n) is 14.6. The van der Waals surface area contributed by atoms with E-state index in [-0.39, 0.29) is 31.1 Å². The average Bonchev–Trinajstić information content (AvgIpc) is 3.09. The summed E-state index contributed by atoms with van der Waals surface area (Å²) in [5.74, 6) is -0.873. The van der Waals surface area contributed by atoms with Gasteiger partial charge >= 0.3 is 17.9 Å². The van der Waals surface area contributed by atoms with Gasteiger partial charge in [0.1, 0.15) is 13.2 Å². The smallest absolute Gasteiger partial charge is 0.306 e. The molecular formula is C43H82O6. The molecule has 0 unspecified atom stereocenters. The molecule has 290 valence electrons. The minimum atomic E-state index is -0.755. The topological polar surface area (TPSA) is 78.9 Å². The van der Waals surface area contributed by atoms with Crippen molar-refractivity contribution in [3.05, 3.63) is 0 Å². The third-order valence-electron chi connectivity index (χ3n) is 9.61. The molecule has 6 heteroatoms. The van der Waals surface area contributed by atoms with Crippen LogP contribution in [0.4, 0.5) is 0 Å². The third kappa shape index (κ3) is 37.5. The van der Waals surface area contributed by atoms with Gasteiger partial charge in [-0.25, -0.2) is 0 Å². The number of carbonyl (C=O) groups is 3. The molecule has 0 amide bonds. The summed E-state index contributed by atoms with van der Waals surface area (Å²) in [6.45, 7) is 6.54. The summed E-state index contributed by atoms with van der Waals surface area (Å²) in [5.41, 5.74) is 0. The molecule has 0 aromatic rings. The molecule has 0 aliphatic heterocycles. The van der Waals surface area contributed by atoms with Gasteiger partial charge in [-0.15, -0.1) is 0 Å². The fourth-order valence-electron chi connectivity index (χ4n) is 6.32. The molecule has 0 saturated heterocycles. The van der Waals surface area contributed by atoms with Crippen LogP contribution >= 0.6 is 0 Å². The summed E-state index contributed by atoms with van der Waals surface area (Å²) in [5, 5.41) is 0. The van der Waals surface area contributed by atoms with Crippen molar-refractivity contribution in [1.29, 1.82) is 0 Å². The Balaban J connectivity index is 4.09. The molecule has 6 nitrogen and oxygen atoms in total. The normalized spacial score (nSPS) is 11.8. The predicted octanol–water partition coefficient (Wildman–Crippen LogP) is 13.3. The first-order chi connectivity index (χ1) is 24.0. The van der Waals surface area contributed by atoms with Crippen molar-refractivity contribution in [3.8, 4) is 0 Å². The first kappa shape index (κ1) is 47.4. The second-order valence-corrected chi connectivity index (χ2v) is 14.6. The lowest BCUT2D eigenvalue weighted by atomic mass is 10.0. The number of unbranched alkanes of at least 4 members (excludes halogenated alkanes) is 28. The molecule has 0 bridgehead atoms. The van der Waals surface area contributed by atoms with E-state index in [1.807, 2.05) is 0 Å². The first-order valence-corrected chi connectivity index (χ1v) is 21.5. The van der Waals surface area contributed by atoms with Gasteiger partial charge in [-0.05, 0) is 19.3 Å². The maximum Gasteiger partial charge on any atom is 0.306 e. The van der Waals surface area contributed by atoms with Crippen molar-refractivity contribution in [2.75, 3.05) is 13.2 Å². The molecule has 1 atom stereocenters. The van der Waals surface area contributed by atoms with Gasteiger partial charge in [-0.3, -0.25) is 14.4 Å². The number of hydrogen-bond donors (Lipinski definition) is 0. The molecule has 49 heavy (non-hydrogen) atoms. The number of carbonyl (C=O) groups excluding carboxylic acids is 3. The van der Waals surface area contributed by atoms with Crippen molar-refractivity contribution in [1.82, 2.24) is 0 Å². The van der Waals surface area contributed by atoms with E-state index < -0.39 is 6.10 Å². The van der Waals surface area contributed by atoms with E-state index in [0.29, 0.717) is 19.3 Å². The van der Waals surface area contributed by atoms with Gasteiger partial charge < -0.3 is 14.2 Å². The molecular weight excluding hydrogens is 612 g/mol. The van der Waals surface area contributed by atoms with Crippen molar-refractivity contribution in [3.63, 3.8) is 0 Å². The van der Waals surface area contributed by atoms with E-state index >= 15 is 0 Å². The molecule has 0 radical (unpaired) electrons. The maximum atomic E-state index is 12.5. The van der Waals surface area contributed by atoms with Gasteiger partial charge in [-0.2, -0.15) is 0 Å². The lowest BCUT2D eigenvalue weighted by Crippen LogP contribution is -2.30. The van der Waals surface area contributed by atoms with Gasteiger partial charge in [0.05, 0.1) is 0 Å². The van der Waals surface area contributed by atoms with Crippen LogP contribution in [0.3, 0.4) is 0 Å². The number of ether oxygens (including phenoxy) is 3. The largest absolute Gasteiger partial charge is 0.462 e. The van der Waals surface area contributed by atoms with Crippen LogP contribution in [0.15, 0.2) is 0 Å². The monoisotopic (exact) mass is 695 g/mol. The number of rotatable bonds is 39. The highest BCUT2D eigenvalue weighted by Crippen LogP contribution is 2.15. The average molecular weight is 695 g/mol. The summed E-state index contributed by atoms with van der Waals surface area (Å²) >= 11 is 0. The SMILES string of the molecule is CCCCCCCCCCCCCCCCCCCC(=O)OC[C@@H](COC(=O)CCCCCCCCCCC)OC(=O)CCCCCCC. The van der Waals surface area contributed by atoms with Crippen molar-refractivity contribution in [2.24, 2.45) is 0 Å². The Bertz CT molecular complexity index is 723. The van der Waals surface area contributed by atoms with Crippen LogP contribution in [0, 0.1) is 0 Å².